The zero-order chi connectivity index (χ0) is 11.0. The molecule has 2 aromatic heterocycles. The molecule has 0 fully saturated rings. The fourth-order valence-corrected chi connectivity index (χ4v) is 1.98. The smallest absolute Gasteiger partial charge is 0.0487 e. The van der Waals surface area contributed by atoms with Crippen molar-refractivity contribution in [1.29, 1.82) is 0 Å². The molecule has 0 amide bonds. The van der Waals surface area contributed by atoms with E-state index in [-0.39, 0.29) is 0 Å². The molecule has 80 valence electrons. The molecule has 0 aliphatic carbocycles. The van der Waals surface area contributed by atoms with Crippen LogP contribution in [0.1, 0.15) is 50.7 Å². The Morgan fingerprint density at radius 2 is 1.60 bits per heavy atom. The normalized spacial score (nSPS) is 11.9. The van der Waals surface area contributed by atoms with Gasteiger partial charge in [-0.15, -0.1) is 0 Å². The van der Waals surface area contributed by atoms with Gasteiger partial charge in [0, 0.05) is 17.9 Å². The largest absolute Gasteiger partial charge is 0.324 e. The average Bonchev–Trinajstić information content (AvgIpc) is 2.59. The zero-order valence-electron chi connectivity index (χ0n) is 9.99. The zero-order valence-corrected chi connectivity index (χ0v) is 9.99. The molecule has 0 N–H and O–H groups in total. The minimum atomic E-state index is 0.595. The molecule has 0 spiro atoms. The third kappa shape index (κ3) is 1.79. The van der Waals surface area contributed by atoms with Gasteiger partial charge in [0.2, 0.25) is 0 Å². The molecule has 0 aromatic carbocycles. The molecule has 2 aromatic rings. The van der Waals surface area contributed by atoms with Crippen LogP contribution in [0, 0.1) is 0 Å². The minimum absolute atomic E-state index is 0.595. The SMILES string of the molecule is CC(C)c1ccn2ccc(C(C)C)c2c1. The van der Waals surface area contributed by atoms with E-state index in [1.807, 2.05) is 0 Å². The summed E-state index contributed by atoms with van der Waals surface area (Å²) in [6, 6.07) is 6.76. The number of nitrogens with zero attached hydrogens (tertiary/aromatic N) is 1. The first-order chi connectivity index (χ1) is 7.09. The highest BCUT2D eigenvalue weighted by Gasteiger charge is 2.07. The molecule has 1 nitrogen and oxygen atoms in total. The van der Waals surface area contributed by atoms with Gasteiger partial charge in [-0.05, 0) is 41.2 Å². The number of hydrogen-bond acceptors (Lipinski definition) is 0. The van der Waals surface area contributed by atoms with Crippen LogP contribution < -0.4 is 0 Å². The van der Waals surface area contributed by atoms with Crippen LogP contribution in [0.5, 0.6) is 0 Å². The third-order valence-corrected chi connectivity index (χ3v) is 3.01. The van der Waals surface area contributed by atoms with E-state index in [9.17, 15) is 0 Å². The highest BCUT2D eigenvalue weighted by atomic mass is 14.9. The van der Waals surface area contributed by atoms with E-state index < -0.39 is 0 Å². The molecule has 0 unspecified atom stereocenters. The van der Waals surface area contributed by atoms with Gasteiger partial charge in [-0.25, -0.2) is 0 Å². The minimum Gasteiger partial charge on any atom is -0.324 e. The van der Waals surface area contributed by atoms with E-state index in [0.29, 0.717) is 11.8 Å². The summed E-state index contributed by atoms with van der Waals surface area (Å²) in [5, 5.41) is 0. The van der Waals surface area contributed by atoms with Crippen molar-refractivity contribution in [1.82, 2.24) is 4.40 Å². The van der Waals surface area contributed by atoms with Gasteiger partial charge in [0.15, 0.2) is 0 Å². The maximum atomic E-state index is 2.32. The monoisotopic (exact) mass is 201 g/mol. The van der Waals surface area contributed by atoms with Gasteiger partial charge in [0.05, 0.1) is 0 Å². The Balaban J connectivity index is 2.61. The van der Waals surface area contributed by atoms with Crippen molar-refractivity contribution in [2.24, 2.45) is 0 Å². The van der Waals surface area contributed by atoms with Crippen LogP contribution in [0.4, 0.5) is 0 Å². The van der Waals surface area contributed by atoms with E-state index in [4.69, 9.17) is 0 Å². The van der Waals surface area contributed by atoms with Crippen LogP contribution in [0.3, 0.4) is 0 Å². The Hall–Kier alpha value is -1.24. The van der Waals surface area contributed by atoms with Gasteiger partial charge in [-0.1, -0.05) is 27.7 Å². The first kappa shape index (κ1) is 10.3. The molecular weight excluding hydrogens is 182 g/mol. The lowest BCUT2D eigenvalue weighted by Crippen LogP contribution is -1.92. The second-order valence-corrected chi connectivity index (χ2v) is 4.83. The molecule has 1 heteroatoms. The molecule has 0 aliphatic rings. The molecule has 15 heavy (non-hydrogen) atoms. The molecule has 2 heterocycles. The molecular formula is C14H19N. The number of aromatic nitrogens is 1. The molecule has 0 saturated carbocycles. The Morgan fingerprint density at radius 1 is 0.933 bits per heavy atom. The lowest BCUT2D eigenvalue weighted by Gasteiger charge is -2.08. The van der Waals surface area contributed by atoms with E-state index in [2.05, 4.69) is 62.7 Å². The fourth-order valence-electron chi connectivity index (χ4n) is 1.98. The first-order valence-corrected chi connectivity index (χ1v) is 5.70. The van der Waals surface area contributed by atoms with Crippen molar-refractivity contribution in [2.45, 2.75) is 39.5 Å². The van der Waals surface area contributed by atoms with Crippen molar-refractivity contribution in [3.05, 3.63) is 41.7 Å². The van der Waals surface area contributed by atoms with E-state index in [1.54, 1.807) is 0 Å². The Morgan fingerprint density at radius 3 is 2.20 bits per heavy atom. The summed E-state index contributed by atoms with van der Waals surface area (Å²) in [7, 11) is 0. The van der Waals surface area contributed by atoms with E-state index in [1.165, 1.54) is 16.6 Å². The topological polar surface area (TPSA) is 4.41 Å². The van der Waals surface area contributed by atoms with Gasteiger partial charge in [-0.2, -0.15) is 0 Å². The summed E-state index contributed by atoms with van der Waals surface area (Å²) >= 11 is 0. The summed E-state index contributed by atoms with van der Waals surface area (Å²) < 4.78 is 2.21. The summed E-state index contributed by atoms with van der Waals surface area (Å²) in [6.07, 6.45) is 4.31. The van der Waals surface area contributed by atoms with Crippen LogP contribution in [-0.2, 0) is 0 Å². The number of rotatable bonds is 2. The molecule has 0 radical (unpaired) electrons. The van der Waals surface area contributed by atoms with E-state index >= 15 is 0 Å². The lowest BCUT2D eigenvalue weighted by molar-refractivity contribution is 0.857. The van der Waals surface area contributed by atoms with Crippen molar-refractivity contribution < 1.29 is 0 Å². The summed E-state index contributed by atoms with van der Waals surface area (Å²) in [5.41, 5.74) is 4.22. The van der Waals surface area contributed by atoms with Crippen LogP contribution in [0.25, 0.3) is 5.52 Å². The number of pyridine rings is 1. The molecule has 2 rings (SSSR count). The van der Waals surface area contributed by atoms with Crippen LogP contribution in [-0.4, -0.2) is 4.40 Å². The second-order valence-electron chi connectivity index (χ2n) is 4.83. The number of hydrogen-bond donors (Lipinski definition) is 0. The van der Waals surface area contributed by atoms with E-state index in [0.717, 1.165) is 0 Å². The second kappa shape index (κ2) is 3.73. The third-order valence-electron chi connectivity index (χ3n) is 3.01. The van der Waals surface area contributed by atoms with Gasteiger partial charge < -0.3 is 4.40 Å². The molecule has 0 atom stereocenters. The van der Waals surface area contributed by atoms with Gasteiger partial charge in [0.1, 0.15) is 0 Å². The highest BCUT2D eigenvalue weighted by molar-refractivity contribution is 5.58. The maximum Gasteiger partial charge on any atom is 0.0487 e. The Bertz CT molecular complexity index is 463. The van der Waals surface area contributed by atoms with Gasteiger partial charge >= 0.3 is 0 Å². The fraction of sp³-hybridized carbons (Fsp3) is 0.429. The first-order valence-electron chi connectivity index (χ1n) is 5.70. The van der Waals surface area contributed by atoms with Crippen molar-refractivity contribution in [2.75, 3.05) is 0 Å². The highest BCUT2D eigenvalue weighted by Crippen LogP contribution is 2.24. The average molecular weight is 201 g/mol. The predicted octanol–water partition coefficient (Wildman–Crippen LogP) is 4.19. The summed E-state index contributed by atoms with van der Waals surface area (Å²) in [5.74, 6) is 1.20. The number of fused-ring (bicyclic) bond motifs is 1. The van der Waals surface area contributed by atoms with Crippen LogP contribution >= 0.6 is 0 Å². The Labute approximate surface area is 91.7 Å². The van der Waals surface area contributed by atoms with Crippen molar-refractivity contribution >= 4 is 5.52 Å². The molecule has 0 saturated heterocycles. The Kier molecular flexibility index (Phi) is 2.56. The van der Waals surface area contributed by atoms with Gasteiger partial charge in [0.25, 0.3) is 0 Å². The van der Waals surface area contributed by atoms with Gasteiger partial charge in [-0.3, -0.25) is 0 Å². The van der Waals surface area contributed by atoms with Crippen LogP contribution in [0.2, 0.25) is 0 Å². The lowest BCUT2D eigenvalue weighted by atomic mass is 10.0. The van der Waals surface area contributed by atoms with Crippen molar-refractivity contribution in [3.63, 3.8) is 0 Å². The van der Waals surface area contributed by atoms with Crippen LogP contribution in [0.15, 0.2) is 30.6 Å². The predicted molar refractivity (Wildman–Crippen MR) is 65.6 cm³/mol. The standard InChI is InChI=1S/C14H19N/c1-10(2)12-5-7-15-8-6-13(11(3)4)14(15)9-12/h5-11H,1-4H3. The molecule has 0 bridgehead atoms. The summed E-state index contributed by atoms with van der Waals surface area (Å²) in [6.45, 7) is 8.97. The molecule has 0 aliphatic heterocycles. The maximum absolute atomic E-state index is 2.32. The quantitative estimate of drug-likeness (QED) is 0.686. The van der Waals surface area contributed by atoms with Crippen molar-refractivity contribution in [3.8, 4) is 0 Å². The summed E-state index contributed by atoms with van der Waals surface area (Å²) in [4.78, 5) is 0.